The maximum absolute atomic E-state index is 12.9. The smallest absolute Gasteiger partial charge is 0.326 e. The third kappa shape index (κ3) is 14.9. The SMILES string of the molecule is CN(Cc1cnc2nc(N)nc(N)c2n1)c1ccc(C(=O)N[C@@H](CCC(=O)NCCCCCNC(=O)CCCCCNC(=O)CCCC[C@@H]2SC[C@@H]3NC(=O)N[C@@H]32)C(=O)O)cc1. The van der Waals surface area contributed by atoms with Crippen molar-refractivity contribution in [3.8, 4) is 0 Å². The molecule has 62 heavy (non-hydrogen) atoms. The number of hydrogen-bond donors (Lipinski definition) is 9. The Morgan fingerprint density at radius 2 is 1.47 bits per heavy atom. The fraction of sp³-hybridized carbons (Fsp3) is 0.561. The highest BCUT2D eigenvalue weighted by Gasteiger charge is 2.42. The van der Waals surface area contributed by atoms with Crippen LogP contribution in [0.4, 0.5) is 22.2 Å². The number of rotatable bonds is 26. The van der Waals surface area contributed by atoms with Crippen molar-refractivity contribution >= 4 is 76.0 Å². The Morgan fingerprint density at radius 3 is 2.13 bits per heavy atom. The van der Waals surface area contributed by atoms with E-state index in [0.717, 1.165) is 62.8 Å². The average Bonchev–Trinajstić information content (AvgIpc) is 3.80. The lowest BCUT2D eigenvalue weighted by molar-refractivity contribution is -0.139. The molecule has 6 amide bonds. The van der Waals surface area contributed by atoms with E-state index in [1.807, 2.05) is 23.7 Å². The van der Waals surface area contributed by atoms with Crippen LogP contribution in [0.25, 0.3) is 11.2 Å². The first-order chi connectivity index (χ1) is 29.9. The quantitative estimate of drug-likeness (QED) is 0.0412. The molecule has 0 aliphatic carbocycles. The van der Waals surface area contributed by atoms with Gasteiger partial charge in [-0.25, -0.2) is 19.6 Å². The van der Waals surface area contributed by atoms with Gasteiger partial charge in [0.05, 0.1) is 30.5 Å². The summed E-state index contributed by atoms with van der Waals surface area (Å²) in [5.74, 6) is -1.01. The van der Waals surface area contributed by atoms with Crippen LogP contribution < -0.4 is 48.3 Å². The number of amides is 6. The van der Waals surface area contributed by atoms with Crippen LogP contribution in [0.5, 0.6) is 0 Å². The fourth-order valence-electron chi connectivity index (χ4n) is 7.27. The molecule has 4 heterocycles. The first-order valence-electron chi connectivity index (χ1n) is 21.2. The number of aromatic nitrogens is 4. The van der Waals surface area contributed by atoms with Crippen molar-refractivity contribution in [3.05, 3.63) is 41.7 Å². The average molecular weight is 878 g/mol. The van der Waals surface area contributed by atoms with Gasteiger partial charge in [-0.2, -0.15) is 21.7 Å². The Bertz CT molecular complexity index is 2030. The number of carbonyl (C=O) groups excluding carboxylic acids is 5. The minimum atomic E-state index is -1.25. The van der Waals surface area contributed by atoms with E-state index in [1.54, 1.807) is 30.5 Å². The minimum Gasteiger partial charge on any atom is -0.480 e. The van der Waals surface area contributed by atoms with Crippen molar-refractivity contribution in [3.63, 3.8) is 0 Å². The Balaban J connectivity index is 0.845. The van der Waals surface area contributed by atoms with Gasteiger partial charge in [0.1, 0.15) is 6.04 Å². The molecular formula is C41H59N13O7S. The largest absolute Gasteiger partial charge is 0.480 e. The monoisotopic (exact) mass is 877 g/mol. The number of anilines is 3. The number of nitrogens with one attached hydrogen (secondary N) is 6. The molecule has 0 unspecified atom stereocenters. The van der Waals surface area contributed by atoms with Crippen LogP contribution in [0.3, 0.4) is 0 Å². The fourth-order valence-corrected chi connectivity index (χ4v) is 8.82. The molecule has 0 radical (unpaired) electrons. The van der Waals surface area contributed by atoms with E-state index in [2.05, 4.69) is 51.8 Å². The molecule has 5 rings (SSSR count). The summed E-state index contributed by atoms with van der Waals surface area (Å²) in [4.78, 5) is 91.7. The molecule has 4 atom stereocenters. The van der Waals surface area contributed by atoms with Crippen LogP contribution >= 0.6 is 11.8 Å². The molecule has 11 N–H and O–H groups in total. The molecule has 2 aliphatic heterocycles. The highest BCUT2D eigenvalue weighted by molar-refractivity contribution is 8.00. The molecule has 20 nitrogen and oxygen atoms in total. The van der Waals surface area contributed by atoms with E-state index in [9.17, 15) is 33.9 Å². The van der Waals surface area contributed by atoms with Crippen molar-refractivity contribution < 1.29 is 33.9 Å². The molecule has 21 heteroatoms. The Morgan fingerprint density at radius 1 is 0.839 bits per heavy atom. The lowest BCUT2D eigenvalue weighted by atomic mass is 10.0. The summed E-state index contributed by atoms with van der Waals surface area (Å²) in [5.41, 5.74) is 13.8. The molecular weight excluding hydrogens is 819 g/mol. The van der Waals surface area contributed by atoms with Gasteiger partial charge in [-0.05, 0) is 75.6 Å². The van der Waals surface area contributed by atoms with Gasteiger partial charge in [-0.3, -0.25) is 19.2 Å². The molecule has 1 aromatic carbocycles. The number of benzene rings is 1. The predicted octanol–water partition coefficient (Wildman–Crippen LogP) is 1.99. The molecule has 0 spiro atoms. The number of aliphatic carboxylic acids is 1. The summed E-state index contributed by atoms with van der Waals surface area (Å²) in [7, 11) is 1.83. The number of carboxylic acids is 1. The van der Waals surface area contributed by atoms with Gasteiger partial charge in [0, 0.05) is 68.2 Å². The minimum absolute atomic E-state index is 0.00879. The number of carboxylic acid groups (broad SMARTS) is 1. The molecule has 0 saturated carbocycles. The van der Waals surface area contributed by atoms with E-state index < -0.39 is 17.9 Å². The van der Waals surface area contributed by atoms with Gasteiger partial charge in [-0.15, -0.1) is 0 Å². The highest BCUT2D eigenvalue weighted by Crippen LogP contribution is 2.33. The predicted molar refractivity (Wildman–Crippen MR) is 236 cm³/mol. The van der Waals surface area contributed by atoms with E-state index in [1.165, 1.54) is 0 Å². The molecule has 3 aromatic rings. The molecule has 2 saturated heterocycles. The summed E-state index contributed by atoms with van der Waals surface area (Å²) in [6, 6.07) is 5.69. The summed E-state index contributed by atoms with van der Waals surface area (Å²) < 4.78 is 0. The zero-order valence-electron chi connectivity index (χ0n) is 35.1. The van der Waals surface area contributed by atoms with Gasteiger partial charge in [0.25, 0.3) is 5.91 Å². The van der Waals surface area contributed by atoms with Crippen molar-refractivity contribution in [2.75, 3.05) is 48.8 Å². The van der Waals surface area contributed by atoms with Crippen LogP contribution in [-0.2, 0) is 25.7 Å². The number of urea groups is 1. The van der Waals surface area contributed by atoms with Crippen LogP contribution in [0.2, 0.25) is 0 Å². The maximum Gasteiger partial charge on any atom is 0.326 e. The van der Waals surface area contributed by atoms with Gasteiger partial charge >= 0.3 is 12.0 Å². The summed E-state index contributed by atoms with van der Waals surface area (Å²) >= 11 is 1.88. The van der Waals surface area contributed by atoms with Crippen LogP contribution in [0, 0.1) is 0 Å². The van der Waals surface area contributed by atoms with Gasteiger partial charge in [0.2, 0.25) is 23.7 Å². The molecule has 2 aromatic heterocycles. The number of hydrogen-bond acceptors (Lipinski definition) is 14. The third-order valence-corrected chi connectivity index (χ3v) is 12.2. The number of nitrogens with zero attached hydrogens (tertiary/aromatic N) is 5. The van der Waals surface area contributed by atoms with Gasteiger partial charge in [-0.1, -0.05) is 12.8 Å². The van der Waals surface area contributed by atoms with Crippen LogP contribution in [-0.4, -0.2) is 116 Å². The summed E-state index contributed by atoms with van der Waals surface area (Å²) in [5, 5.41) is 27.2. The first kappa shape index (κ1) is 47.1. The van der Waals surface area contributed by atoms with E-state index in [4.69, 9.17) is 11.5 Å². The number of unbranched alkanes of at least 4 members (excludes halogenated alkanes) is 5. The number of fused-ring (bicyclic) bond motifs is 2. The lowest BCUT2D eigenvalue weighted by Crippen LogP contribution is -2.41. The first-order valence-corrected chi connectivity index (χ1v) is 22.3. The Labute approximate surface area is 364 Å². The molecule has 2 aliphatic rings. The maximum atomic E-state index is 12.9. The van der Waals surface area contributed by atoms with Crippen LogP contribution in [0.1, 0.15) is 99.5 Å². The highest BCUT2D eigenvalue weighted by atomic mass is 32.2. The van der Waals surface area contributed by atoms with E-state index in [-0.39, 0.29) is 66.0 Å². The second kappa shape index (κ2) is 23.9. The molecule has 2 fully saturated rings. The van der Waals surface area contributed by atoms with Crippen molar-refractivity contribution in [2.45, 2.75) is 113 Å². The number of thioether (sulfide) groups is 1. The number of carbonyl (C=O) groups is 6. The van der Waals surface area contributed by atoms with Crippen molar-refractivity contribution in [1.82, 2.24) is 51.8 Å². The Kier molecular flexibility index (Phi) is 18.1. The second-order valence-corrected chi connectivity index (χ2v) is 16.9. The molecule has 0 bridgehead atoms. The topological polar surface area (TPSA) is 302 Å². The van der Waals surface area contributed by atoms with Gasteiger partial charge in [0.15, 0.2) is 17.0 Å². The van der Waals surface area contributed by atoms with Crippen molar-refractivity contribution in [2.24, 2.45) is 0 Å². The van der Waals surface area contributed by atoms with E-state index >= 15 is 0 Å². The normalized spacial score (nSPS) is 17.0. The number of nitrogen functional groups attached to an aromatic ring is 2. The lowest BCUT2D eigenvalue weighted by Gasteiger charge is -2.19. The van der Waals surface area contributed by atoms with Crippen LogP contribution in [0.15, 0.2) is 30.5 Å². The number of nitrogens with two attached hydrogens (primary N) is 2. The Hall–Kier alpha value is -5.99. The standard InChI is InChI=1S/C41H59N13O7S/c1-54(23-26-22-47-37-35(48-26)36(42)52-40(43)53-37)27-15-13-25(14-16-27)38(58)49-28(39(59)60)17-18-33(57)46-21-9-3-8-20-45-31(55)11-4-2-7-19-44-32(56)12-6-5-10-30-34-29(24-62-30)50-41(61)51-34/h13-16,22,28-30,34H,2-12,17-21,23-24H2,1H3,(H,44,56)(H,45,55)(H,46,57)(H,49,58)(H,59,60)(H2,50,51,61)(H4,42,43,47,52,53)/t28-,29-,30-,34-/m0/s1. The van der Waals surface area contributed by atoms with Crippen molar-refractivity contribution in [1.29, 1.82) is 0 Å². The summed E-state index contributed by atoms with van der Waals surface area (Å²) in [6.07, 6.45) is 9.75. The molecule has 336 valence electrons. The second-order valence-electron chi connectivity index (χ2n) is 15.6. The zero-order valence-corrected chi connectivity index (χ0v) is 35.9. The van der Waals surface area contributed by atoms with Gasteiger partial charge < -0.3 is 53.4 Å². The summed E-state index contributed by atoms with van der Waals surface area (Å²) in [6.45, 7) is 1.91. The zero-order chi connectivity index (χ0) is 44.4. The van der Waals surface area contributed by atoms with E-state index in [0.29, 0.717) is 67.5 Å². The third-order valence-electron chi connectivity index (χ3n) is 10.7.